The van der Waals surface area contributed by atoms with E-state index < -0.39 is 5.56 Å². The molecule has 1 N–H and O–H groups in total. The Morgan fingerprint density at radius 3 is 2.71 bits per heavy atom. The molecule has 160 valence electrons. The minimum Gasteiger partial charge on any atom is -0.493 e. The highest BCUT2D eigenvalue weighted by Crippen LogP contribution is 2.32. The summed E-state index contributed by atoms with van der Waals surface area (Å²) >= 11 is 0. The van der Waals surface area contributed by atoms with Crippen LogP contribution >= 0.6 is 0 Å². The van der Waals surface area contributed by atoms with Gasteiger partial charge in [0, 0.05) is 24.7 Å². The summed E-state index contributed by atoms with van der Waals surface area (Å²) in [5.41, 5.74) is 0.304. The van der Waals surface area contributed by atoms with Crippen LogP contribution in [0.1, 0.15) is 0 Å². The van der Waals surface area contributed by atoms with Gasteiger partial charge >= 0.3 is 0 Å². The summed E-state index contributed by atoms with van der Waals surface area (Å²) < 4.78 is 27.0. The Morgan fingerprint density at radius 1 is 1.13 bits per heavy atom. The van der Waals surface area contributed by atoms with E-state index >= 15 is 0 Å². The molecule has 0 saturated carbocycles. The molecule has 0 aliphatic heterocycles. The number of ether oxygens (including phenoxy) is 2. The Morgan fingerprint density at radius 2 is 1.94 bits per heavy atom. The topological polar surface area (TPSA) is 87.4 Å². The molecule has 31 heavy (non-hydrogen) atoms. The SMILES string of the molecule is COc1ccc2cnn(CC(=O)NCCn3ccc4ccc(F)cc43)c(=O)c2c1OC. The summed E-state index contributed by atoms with van der Waals surface area (Å²) in [7, 11) is 2.93. The number of carbonyl (C=O) groups is 1. The fourth-order valence-corrected chi connectivity index (χ4v) is 3.56. The minimum absolute atomic E-state index is 0.240. The number of amides is 1. The maximum atomic E-state index is 13.5. The predicted octanol–water partition coefficient (Wildman–Crippen LogP) is 2.32. The molecular formula is C22H21FN4O4. The van der Waals surface area contributed by atoms with E-state index in [4.69, 9.17) is 9.47 Å². The van der Waals surface area contributed by atoms with E-state index in [0.29, 0.717) is 35.4 Å². The first-order valence-corrected chi connectivity index (χ1v) is 9.63. The number of hydrogen-bond donors (Lipinski definition) is 1. The third kappa shape index (κ3) is 3.94. The van der Waals surface area contributed by atoms with Crippen molar-refractivity contribution in [2.75, 3.05) is 20.8 Å². The monoisotopic (exact) mass is 424 g/mol. The molecule has 4 rings (SSSR count). The van der Waals surface area contributed by atoms with Crippen LogP contribution in [0.3, 0.4) is 0 Å². The van der Waals surface area contributed by atoms with Crippen LogP contribution in [0.5, 0.6) is 11.5 Å². The number of hydrogen-bond acceptors (Lipinski definition) is 5. The fraction of sp³-hybridized carbons (Fsp3) is 0.227. The van der Waals surface area contributed by atoms with Gasteiger partial charge in [0.2, 0.25) is 5.91 Å². The van der Waals surface area contributed by atoms with Gasteiger partial charge in [-0.2, -0.15) is 5.10 Å². The first-order valence-electron chi connectivity index (χ1n) is 9.63. The van der Waals surface area contributed by atoms with Gasteiger partial charge in [-0.3, -0.25) is 9.59 Å². The predicted molar refractivity (Wildman–Crippen MR) is 114 cm³/mol. The summed E-state index contributed by atoms with van der Waals surface area (Å²) in [4.78, 5) is 25.3. The van der Waals surface area contributed by atoms with Crippen molar-refractivity contribution >= 4 is 27.6 Å². The number of halogens is 1. The number of aromatic nitrogens is 3. The van der Waals surface area contributed by atoms with Gasteiger partial charge in [0.15, 0.2) is 11.5 Å². The summed E-state index contributed by atoms with van der Waals surface area (Å²) in [6.45, 7) is 0.540. The van der Waals surface area contributed by atoms with E-state index in [2.05, 4.69) is 10.4 Å². The van der Waals surface area contributed by atoms with Gasteiger partial charge in [-0.1, -0.05) is 0 Å². The molecule has 2 aromatic carbocycles. The lowest BCUT2D eigenvalue weighted by Crippen LogP contribution is -2.35. The van der Waals surface area contributed by atoms with Gasteiger partial charge in [-0.15, -0.1) is 0 Å². The standard InChI is InChI=1S/C22H21FN4O4/c1-30-18-6-4-15-12-25-27(22(29)20(15)21(18)31-2)13-19(28)24-8-10-26-9-7-14-3-5-16(23)11-17(14)26/h3-7,9,11-12H,8,10,13H2,1-2H3,(H,24,28). The van der Waals surface area contributed by atoms with Gasteiger partial charge in [0.05, 0.1) is 31.3 Å². The number of methoxy groups -OCH3 is 2. The quantitative estimate of drug-likeness (QED) is 0.492. The van der Waals surface area contributed by atoms with Gasteiger partial charge < -0.3 is 19.4 Å². The fourth-order valence-electron chi connectivity index (χ4n) is 3.56. The molecule has 0 atom stereocenters. The van der Waals surface area contributed by atoms with Crippen LogP contribution in [0.25, 0.3) is 21.7 Å². The summed E-state index contributed by atoms with van der Waals surface area (Å²) in [6.07, 6.45) is 3.35. The maximum Gasteiger partial charge on any atom is 0.279 e. The highest BCUT2D eigenvalue weighted by Gasteiger charge is 2.16. The number of nitrogens with one attached hydrogen (secondary N) is 1. The highest BCUT2D eigenvalue weighted by molar-refractivity contribution is 5.89. The first-order chi connectivity index (χ1) is 15.0. The Kier molecular flexibility index (Phi) is 5.57. The zero-order chi connectivity index (χ0) is 22.0. The van der Waals surface area contributed by atoms with Gasteiger partial charge in [-0.25, -0.2) is 9.07 Å². The second-order valence-electron chi connectivity index (χ2n) is 6.93. The Hall–Kier alpha value is -3.88. The van der Waals surface area contributed by atoms with Crippen molar-refractivity contribution < 1.29 is 18.7 Å². The van der Waals surface area contributed by atoms with Crippen molar-refractivity contribution in [1.82, 2.24) is 19.7 Å². The van der Waals surface area contributed by atoms with E-state index in [-0.39, 0.29) is 18.3 Å². The molecule has 0 fully saturated rings. The van der Waals surface area contributed by atoms with Crippen molar-refractivity contribution in [3.63, 3.8) is 0 Å². The largest absolute Gasteiger partial charge is 0.493 e. The van der Waals surface area contributed by atoms with E-state index in [9.17, 15) is 14.0 Å². The highest BCUT2D eigenvalue weighted by atomic mass is 19.1. The van der Waals surface area contributed by atoms with E-state index in [1.165, 1.54) is 32.5 Å². The Bertz CT molecular complexity index is 1330. The molecule has 0 spiro atoms. The van der Waals surface area contributed by atoms with Crippen LogP contribution in [0.15, 0.2) is 53.6 Å². The Labute approximate surface area is 176 Å². The zero-order valence-electron chi connectivity index (χ0n) is 17.1. The molecular weight excluding hydrogens is 403 g/mol. The molecule has 0 unspecified atom stereocenters. The van der Waals surface area contributed by atoms with E-state index in [0.717, 1.165) is 15.6 Å². The third-order valence-corrected chi connectivity index (χ3v) is 5.07. The van der Waals surface area contributed by atoms with Crippen molar-refractivity contribution in [2.45, 2.75) is 13.1 Å². The number of nitrogens with zero attached hydrogens (tertiary/aromatic N) is 3. The zero-order valence-corrected chi connectivity index (χ0v) is 17.1. The third-order valence-electron chi connectivity index (χ3n) is 5.07. The summed E-state index contributed by atoms with van der Waals surface area (Å²) in [5, 5.41) is 8.66. The molecule has 0 aliphatic rings. The van der Waals surface area contributed by atoms with E-state index in [1.54, 1.807) is 18.2 Å². The molecule has 1 amide bonds. The molecule has 2 heterocycles. The van der Waals surface area contributed by atoms with Crippen LogP contribution < -0.4 is 20.3 Å². The van der Waals surface area contributed by atoms with Crippen LogP contribution in [0, 0.1) is 5.82 Å². The van der Waals surface area contributed by atoms with Gasteiger partial charge in [-0.05, 0) is 41.8 Å². The smallest absolute Gasteiger partial charge is 0.279 e. The lowest BCUT2D eigenvalue weighted by molar-refractivity contribution is -0.121. The molecule has 9 heteroatoms. The minimum atomic E-state index is -0.449. The van der Waals surface area contributed by atoms with Crippen molar-refractivity contribution in [1.29, 1.82) is 0 Å². The molecule has 8 nitrogen and oxygen atoms in total. The van der Waals surface area contributed by atoms with Crippen LogP contribution in [-0.2, 0) is 17.9 Å². The number of benzene rings is 2. The van der Waals surface area contributed by atoms with Crippen molar-refractivity contribution in [3.05, 3.63) is 65.0 Å². The molecule has 2 aromatic heterocycles. The van der Waals surface area contributed by atoms with Crippen molar-refractivity contribution in [3.8, 4) is 11.5 Å². The number of fused-ring (bicyclic) bond motifs is 2. The first kappa shape index (κ1) is 20.4. The van der Waals surface area contributed by atoms with Crippen LogP contribution in [0.4, 0.5) is 4.39 Å². The van der Waals surface area contributed by atoms with Gasteiger partial charge in [0.25, 0.3) is 5.56 Å². The molecule has 0 saturated heterocycles. The second kappa shape index (κ2) is 8.47. The number of carbonyl (C=O) groups excluding carboxylic acids is 1. The van der Waals surface area contributed by atoms with Crippen molar-refractivity contribution in [2.24, 2.45) is 0 Å². The number of rotatable bonds is 7. The second-order valence-corrected chi connectivity index (χ2v) is 6.93. The summed E-state index contributed by atoms with van der Waals surface area (Å²) in [5.74, 6) is 0.0433. The Balaban J connectivity index is 1.47. The normalized spacial score (nSPS) is 11.1. The molecule has 0 bridgehead atoms. The lowest BCUT2D eigenvalue weighted by Gasteiger charge is -2.12. The van der Waals surface area contributed by atoms with Crippen LogP contribution in [-0.4, -0.2) is 41.0 Å². The molecule has 4 aromatic rings. The molecule has 0 radical (unpaired) electrons. The average Bonchev–Trinajstić information content (AvgIpc) is 3.16. The summed E-state index contributed by atoms with van der Waals surface area (Å²) in [6, 6.07) is 9.86. The van der Waals surface area contributed by atoms with Crippen LogP contribution in [0.2, 0.25) is 0 Å². The lowest BCUT2D eigenvalue weighted by atomic mass is 10.1. The van der Waals surface area contributed by atoms with Gasteiger partial charge in [0.1, 0.15) is 12.4 Å². The molecule has 0 aliphatic carbocycles. The van der Waals surface area contributed by atoms with E-state index in [1.807, 2.05) is 16.8 Å². The average molecular weight is 424 g/mol. The maximum absolute atomic E-state index is 13.5.